The van der Waals surface area contributed by atoms with Crippen molar-refractivity contribution in [2.75, 3.05) is 26.4 Å². The first-order valence-electron chi connectivity index (χ1n) is 36.2. The number of allylic oxidation sites excluding steroid dienone is 36. The number of hydrogen-bond acceptors (Lipinski definition) is 8. The van der Waals surface area contributed by atoms with Gasteiger partial charge in [-0.05, 0) is 154 Å². The number of hydrogen-bond donors (Lipinski definition) is 2. The van der Waals surface area contributed by atoms with Crippen molar-refractivity contribution in [1.82, 2.24) is 0 Å². The molecule has 0 aliphatic heterocycles. The second-order valence-electron chi connectivity index (χ2n) is 23.0. The zero-order valence-electron chi connectivity index (χ0n) is 58.4. The zero-order valence-corrected chi connectivity index (χ0v) is 59.3. The van der Waals surface area contributed by atoms with Gasteiger partial charge in [-0.3, -0.25) is 18.6 Å². The van der Waals surface area contributed by atoms with Gasteiger partial charge in [-0.25, -0.2) is 4.57 Å². The van der Waals surface area contributed by atoms with Crippen molar-refractivity contribution in [3.05, 3.63) is 219 Å². The van der Waals surface area contributed by atoms with E-state index < -0.39 is 32.5 Å². The van der Waals surface area contributed by atoms with E-state index >= 15 is 0 Å². The van der Waals surface area contributed by atoms with Crippen LogP contribution >= 0.6 is 7.82 Å². The molecule has 0 spiro atoms. The third-order valence-corrected chi connectivity index (χ3v) is 15.3. The Morgan fingerprint density at radius 1 is 0.323 bits per heavy atom. The Morgan fingerprint density at radius 3 is 0.849 bits per heavy atom. The lowest BCUT2D eigenvalue weighted by atomic mass is 10.0. The Bertz CT molecular complexity index is 2330. The van der Waals surface area contributed by atoms with Crippen LogP contribution in [0.4, 0.5) is 0 Å². The van der Waals surface area contributed by atoms with E-state index in [-0.39, 0.29) is 32.6 Å². The van der Waals surface area contributed by atoms with Gasteiger partial charge in [-0.1, -0.05) is 310 Å². The van der Waals surface area contributed by atoms with Crippen LogP contribution < -0.4 is 5.73 Å². The molecule has 0 bridgehead atoms. The molecule has 0 aliphatic rings. The summed E-state index contributed by atoms with van der Waals surface area (Å²) in [6.45, 7) is 3.44. The molecule has 0 aromatic carbocycles. The lowest BCUT2D eigenvalue weighted by Gasteiger charge is -2.19. The molecule has 0 aliphatic carbocycles. The van der Waals surface area contributed by atoms with Crippen molar-refractivity contribution in [3.8, 4) is 0 Å². The van der Waals surface area contributed by atoms with E-state index in [1.807, 2.05) is 0 Å². The monoisotopic (exact) mass is 1300 g/mol. The SMILES string of the molecule is CC/C=C\C/C=C\C/C=C\C/C=C\C/C=C\C/C=C\C/C=C\C/C=C\C/C=C\C/C=C\CCCCC(=O)OC(COC(=O)CCCCCCCCCCCCCCCC/C=C\C/C=C\C/C=C\C/C=C\C/C=C\C/C=C\C/C=C\C/C=C\CC)COP(=O)(O)OCCN. The van der Waals surface area contributed by atoms with Gasteiger partial charge in [0.25, 0.3) is 0 Å². The van der Waals surface area contributed by atoms with Gasteiger partial charge in [0.1, 0.15) is 6.61 Å². The second kappa shape index (κ2) is 75.4. The third kappa shape index (κ3) is 75.2. The second-order valence-corrected chi connectivity index (χ2v) is 24.4. The van der Waals surface area contributed by atoms with E-state index in [1.54, 1.807) is 0 Å². The molecule has 0 aromatic rings. The number of carbonyl (C=O) groups is 2. The maximum atomic E-state index is 12.8. The van der Waals surface area contributed by atoms with Gasteiger partial charge < -0.3 is 20.1 Å². The van der Waals surface area contributed by atoms with Gasteiger partial charge in [0, 0.05) is 19.4 Å². The first-order chi connectivity index (χ1) is 45.8. The van der Waals surface area contributed by atoms with Crippen LogP contribution in [0.15, 0.2) is 219 Å². The average molecular weight is 1300 g/mol. The smallest absolute Gasteiger partial charge is 0.462 e. The molecule has 0 rings (SSSR count). The van der Waals surface area contributed by atoms with Gasteiger partial charge in [-0.2, -0.15) is 0 Å². The molecular weight excluding hydrogens is 1170 g/mol. The van der Waals surface area contributed by atoms with E-state index in [4.69, 9.17) is 24.3 Å². The normalized spacial score (nSPS) is 14.2. The fraction of sp³-hybridized carbons (Fsp3) is 0.542. The van der Waals surface area contributed by atoms with E-state index in [0.717, 1.165) is 148 Å². The number of esters is 2. The fourth-order valence-corrected chi connectivity index (χ4v) is 9.86. The summed E-state index contributed by atoms with van der Waals surface area (Å²) in [5, 5.41) is 0. The predicted molar refractivity (Wildman–Crippen MR) is 403 cm³/mol. The van der Waals surface area contributed by atoms with E-state index in [0.29, 0.717) is 12.8 Å². The van der Waals surface area contributed by atoms with Gasteiger partial charge >= 0.3 is 19.8 Å². The molecule has 520 valence electrons. The Labute approximate surface area is 569 Å². The van der Waals surface area contributed by atoms with Crippen molar-refractivity contribution in [1.29, 1.82) is 0 Å². The number of rotatable bonds is 65. The summed E-state index contributed by atoms with van der Waals surface area (Å²) < 4.78 is 33.1. The highest BCUT2D eigenvalue weighted by atomic mass is 31.2. The lowest BCUT2D eigenvalue weighted by Crippen LogP contribution is -2.29. The molecule has 3 N–H and O–H groups in total. The Morgan fingerprint density at radius 2 is 0.559 bits per heavy atom. The number of phosphoric ester groups is 1. The Balaban J connectivity index is 4.02. The lowest BCUT2D eigenvalue weighted by molar-refractivity contribution is -0.161. The molecule has 0 radical (unpaired) electrons. The molecule has 93 heavy (non-hydrogen) atoms. The molecular formula is C83H130NO8P. The van der Waals surface area contributed by atoms with E-state index in [1.165, 1.54) is 70.6 Å². The van der Waals surface area contributed by atoms with Crippen LogP contribution in [0.2, 0.25) is 0 Å². The number of phosphoric acid groups is 1. The molecule has 0 fully saturated rings. The van der Waals surface area contributed by atoms with Crippen molar-refractivity contribution in [2.45, 2.75) is 264 Å². The summed E-state index contributed by atoms with van der Waals surface area (Å²) in [6.07, 6.45) is 117. The maximum Gasteiger partial charge on any atom is 0.472 e. The summed E-state index contributed by atoms with van der Waals surface area (Å²) in [6, 6.07) is 0. The highest BCUT2D eigenvalue weighted by Gasteiger charge is 2.26. The van der Waals surface area contributed by atoms with Crippen molar-refractivity contribution in [3.63, 3.8) is 0 Å². The summed E-state index contributed by atoms with van der Waals surface area (Å²) in [7, 11) is -4.42. The van der Waals surface area contributed by atoms with Crippen molar-refractivity contribution in [2.24, 2.45) is 5.73 Å². The predicted octanol–water partition coefficient (Wildman–Crippen LogP) is 24.4. The van der Waals surface area contributed by atoms with E-state index in [9.17, 15) is 19.0 Å². The molecule has 2 atom stereocenters. The van der Waals surface area contributed by atoms with Gasteiger partial charge in [0.2, 0.25) is 0 Å². The van der Waals surface area contributed by atoms with Crippen molar-refractivity contribution >= 4 is 19.8 Å². The summed E-state index contributed by atoms with van der Waals surface area (Å²) >= 11 is 0. The van der Waals surface area contributed by atoms with Crippen LogP contribution in [0.25, 0.3) is 0 Å². The zero-order chi connectivity index (χ0) is 67.2. The molecule has 2 unspecified atom stereocenters. The van der Waals surface area contributed by atoms with E-state index in [2.05, 4.69) is 233 Å². The van der Waals surface area contributed by atoms with Crippen LogP contribution in [0.5, 0.6) is 0 Å². The van der Waals surface area contributed by atoms with Gasteiger partial charge in [0.15, 0.2) is 6.10 Å². The highest BCUT2D eigenvalue weighted by Crippen LogP contribution is 2.43. The van der Waals surface area contributed by atoms with Crippen LogP contribution in [0.3, 0.4) is 0 Å². The third-order valence-electron chi connectivity index (χ3n) is 14.4. The van der Waals surface area contributed by atoms with Crippen LogP contribution in [0, 0.1) is 0 Å². The standard InChI is InChI=1S/C83H130NO8P/c1-3-5-7-9-11-13-15-17-19-21-23-25-27-29-31-33-35-37-38-39-40-41-42-44-45-47-49-51-53-55-57-59-61-63-65-67-69-71-73-75-82(85)89-79-81(80-91-93(87,88)90-78-77-84)92-83(86)76-74-72-70-68-66-64-62-60-58-56-54-52-50-48-46-43-36-34-32-30-28-26-24-22-20-18-16-14-12-10-8-6-4-2/h5-8,11-14,17-20,23-26,29-32,35-37,39-40,42-44,48,50,54,56,60,62,66,68,81H,3-4,9-10,15-16,21-22,27-28,33-34,38,41,45-47,49,51-53,55,57-59,61,63-65,67,69-80,84H2,1-2H3,(H,87,88)/b7-5-,8-6-,13-11-,14-12-,19-17-,20-18-,25-23-,26-24-,31-29-,32-30-,37-35-,40-39-,43-36-,44-42-,50-48-,56-54-,62-60-,68-66-. The topological polar surface area (TPSA) is 134 Å². The summed E-state index contributed by atoms with van der Waals surface area (Å²) in [5.74, 6) is -0.893. The van der Waals surface area contributed by atoms with Crippen LogP contribution in [-0.4, -0.2) is 49.3 Å². The maximum absolute atomic E-state index is 12.8. The molecule has 10 heteroatoms. The molecule has 0 aromatic heterocycles. The number of nitrogens with two attached hydrogens (primary N) is 1. The molecule has 0 saturated heterocycles. The fourth-order valence-electron chi connectivity index (χ4n) is 9.09. The first-order valence-corrected chi connectivity index (χ1v) is 37.7. The minimum atomic E-state index is -4.42. The van der Waals surface area contributed by atoms with Crippen LogP contribution in [0.1, 0.15) is 258 Å². The first kappa shape index (κ1) is 87.3. The van der Waals surface area contributed by atoms with Crippen LogP contribution in [-0.2, 0) is 32.7 Å². The molecule has 0 saturated carbocycles. The quantitative estimate of drug-likeness (QED) is 0.0264. The largest absolute Gasteiger partial charge is 0.472 e. The van der Waals surface area contributed by atoms with Gasteiger partial charge in [-0.15, -0.1) is 0 Å². The number of ether oxygens (including phenoxy) is 2. The van der Waals surface area contributed by atoms with Crippen molar-refractivity contribution < 1.29 is 37.6 Å². The number of unbranched alkanes of at least 4 members (excludes halogenated alkanes) is 16. The highest BCUT2D eigenvalue weighted by molar-refractivity contribution is 7.47. The molecule has 0 heterocycles. The Kier molecular flexibility index (Phi) is 70.8. The minimum absolute atomic E-state index is 0.0350. The summed E-state index contributed by atoms with van der Waals surface area (Å²) in [4.78, 5) is 35.4. The molecule has 0 amide bonds. The molecule has 9 nitrogen and oxygen atoms in total. The summed E-state index contributed by atoms with van der Waals surface area (Å²) in [5.41, 5.74) is 5.40. The van der Waals surface area contributed by atoms with Gasteiger partial charge in [0.05, 0.1) is 13.2 Å². The minimum Gasteiger partial charge on any atom is -0.462 e. The Hall–Kier alpha value is -5.67. The average Bonchev–Trinajstić information content (AvgIpc) is 3.32. The number of carbonyl (C=O) groups excluding carboxylic acids is 2.